The first-order valence-electron chi connectivity index (χ1n) is 7.02. The number of rotatable bonds is 3. The molecule has 0 atom stereocenters. The van der Waals surface area contributed by atoms with E-state index in [4.69, 9.17) is 4.42 Å². The predicted octanol–water partition coefficient (Wildman–Crippen LogP) is 3.14. The lowest BCUT2D eigenvalue weighted by Crippen LogP contribution is -2.33. The first kappa shape index (κ1) is 14.8. The van der Waals surface area contributed by atoms with E-state index in [0.717, 1.165) is 5.56 Å². The van der Waals surface area contributed by atoms with Crippen molar-refractivity contribution in [2.45, 2.75) is 27.7 Å². The molecule has 0 aliphatic rings. The average Bonchev–Trinajstić information content (AvgIpc) is 3.09. The summed E-state index contributed by atoms with van der Waals surface area (Å²) in [5, 5.41) is 11.2. The van der Waals surface area contributed by atoms with E-state index in [1.165, 1.54) is 4.52 Å². The summed E-state index contributed by atoms with van der Waals surface area (Å²) >= 11 is 1.57. The lowest BCUT2D eigenvalue weighted by Gasteiger charge is -2.18. The number of hydrogen-bond acceptors (Lipinski definition) is 5. The summed E-state index contributed by atoms with van der Waals surface area (Å²) in [5.41, 5.74) is 1.33. The Bertz CT molecular complexity index is 809. The molecule has 0 bridgehead atoms. The van der Waals surface area contributed by atoms with Crippen LogP contribution < -0.4 is 5.32 Å². The van der Waals surface area contributed by atoms with Crippen LogP contribution in [0.15, 0.2) is 21.2 Å². The first-order valence-corrected chi connectivity index (χ1v) is 7.96. The molecule has 0 saturated carbocycles. The van der Waals surface area contributed by atoms with Gasteiger partial charge in [0, 0.05) is 17.5 Å². The second-order valence-corrected chi connectivity index (χ2v) is 7.17. The summed E-state index contributed by atoms with van der Waals surface area (Å²) in [4.78, 5) is 16.8. The van der Waals surface area contributed by atoms with Crippen LogP contribution >= 0.6 is 11.3 Å². The topological polar surface area (TPSA) is 72.4 Å². The normalized spacial score (nSPS) is 12.0. The van der Waals surface area contributed by atoms with Crippen LogP contribution in [-0.2, 0) is 0 Å². The molecule has 22 heavy (non-hydrogen) atoms. The highest BCUT2D eigenvalue weighted by Gasteiger charge is 2.23. The number of nitrogens with one attached hydrogen (secondary N) is 1. The average molecular weight is 318 g/mol. The van der Waals surface area contributed by atoms with Crippen LogP contribution in [0.5, 0.6) is 0 Å². The van der Waals surface area contributed by atoms with Gasteiger partial charge in [-0.3, -0.25) is 4.79 Å². The molecule has 7 heteroatoms. The number of amides is 1. The molecule has 0 spiro atoms. The van der Waals surface area contributed by atoms with E-state index in [0.29, 0.717) is 29.7 Å². The molecular weight excluding hydrogens is 300 g/mol. The van der Waals surface area contributed by atoms with Gasteiger partial charge < -0.3 is 9.73 Å². The Morgan fingerprint density at radius 2 is 2.23 bits per heavy atom. The van der Waals surface area contributed by atoms with Crippen LogP contribution in [0.4, 0.5) is 0 Å². The summed E-state index contributed by atoms with van der Waals surface area (Å²) in [7, 11) is 0. The van der Waals surface area contributed by atoms with E-state index in [2.05, 4.69) is 36.2 Å². The molecule has 0 radical (unpaired) electrons. The van der Waals surface area contributed by atoms with Gasteiger partial charge in [0.25, 0.3) is 5.91 Å². The monoisotopic (exact) mass is 318 g/mol. The SMILES string of the molecule is Cc1oc2nc(-c3ccsc3)nn2c1C(=O)NCC(C)(C)C. The molecular formula is C15H18N4O2S. The molecule has 6 nitrogen and oxygen atoms in total. The van der Waals surface area contributed by atoms with Gasteiger partial charge in [0.1, 0.15) is 5.76 Å². The largest absolute Gasteiger partial charge is 0.427 e. The Hall–Kier alpha value is -2.15. The molecule has 3 rings (SSSR count). The van der Waals surface area contributed by atoms with Crippen LogP contribution in [0, 0.1) is 12.3 Å². The zero-order valence-corrected chi connectivity index (χ0v) is 13.8. The molecule has 116 valence electrons. The molecule has 3 aromatic heterocycles. The smallest absolute Gasteiger partial charge is 0.325 e. The number of carbonyl (C=O) groups is 1. The minimum absolute atomic E-state index is 0.0105. The van der Waals surface area contributed by atoms with E-state index in [1.54, 1.807) is 18.3 Å². The van der Waals surface area contributed by atoms with Gasteiger partial charge in [0.2, 0.25) is 0 Å². The number of aryl methyl sites for hydroxylation is 1. The number of fused-ring (bicyclic) bond motifs is 1. The fraction of sp³-hybridized carbons (Fsp3) is 0.400. The van der Waals surface area contributed by atoms with Gasteiger partial charge in [0.15, 0.2) is 11.5 Å². The summed E-state index contributed by atoms with van der Waals surface area (Å²) in [6.07, 6.45) is 0. The van der Waals surface area contributed by atoms with Gasteiger partial charge in [-0.15, -0.1) is 5.10 Å². The van der Waals surface area contributed by atoms with Gasteiger partial charge in [0.05, 0.1) is 0 Å². The maximum Gasteiger partial charge on any atom is 0.325 e. The van der Waals surface area contributed by atoms with E-state index < -0.39 is 0 Å². The number of aromatic nitrogens is 3. The van der Waals surface area contributed by atoms with Crippen molar-refractivity contribution in [2.75, 3.05) is 6.54 Å². The second kappa shape index (κ2) is 5.24. The number of carbonyl (C=O) groups excluding carboxylic acids is 1. The fourth-order valence-electron chi connectivity index (χ4n) is 2.04. The number of thiophene rings is 1. The van der Waals surface area contributed by atoms with Gasteiger partial charge in [-0.1, -0.05) is 20.8 Å². The quantitative estimate of drug-likeness (QED) is 0.805. The molecule has 0 aromatic carbocycles. The van der Waals surface area contributed by atoms with Crippen molar-refractivity contribution in [1.82, 2.24) is 19.9 Å². The Morgan fingerprint density at radius 3 is 2.86 bits per heavy atom. The summed E-state index contributed by atoms with van der Waals surface area (Å²) in [6.45, 7) is 8.51. The molecule has 1 N–H and O–H groups in total. The van der Waals surface area contributed by atoms with E-state index >= 15 is 0 Å². The Morgan fingerprint density at radius 1 is 1.45 bits per heavy atom. The van der Waals surface area contributed by atoms with Crippen molar-refractivity contribution >= 4 is 23.1 Å². The van der Waals surface area contributed by atoms with Crippen molar-refractivity contribution in [3.8, 4) is 11.4 Å². The van der Waals surface area contributed by atoms with Gasteiger partial charge in [-0.25, -0.2) is 0 Å². The molecule has 0 saturated heterocycles. The highest BCUT2D eigenvalue weighted by atomic mass is 32.1. The predicted molar refractivity (Wildman–Crippen MR) is 85.1 cm³/mol. The van der Waals surface area contributed by atoms with Crippen LogP contribution in [0.3, 0.4) is 0 Å². The Labute approximate surface area is 132 Å². The number of oxazole rings is 1. The maximum atomic E-state index is 12.4. The zero-order chi connectivity index (χ0) is 15.9. The standard InChI is InChI=1S/C15H18N4O2S/c1-9-11(13(20)16-8-15(2,3)4)19-14(21-9)17-12(18-19)10-5-6-22-7-10/h5-7H,8H2,1-4H3,(H,16,20). The third kappa shape index (κ3) is 2.76. The fourth-order valence-corrected chi connectivity index (χ4v) is 2.68. The number of hydrogen-bond donors (Lipinski definition) is 1. The summed E-state index contributed by atoms with van der Waals surface area (Å²) in [6, 6.07) is 1.94. The van der Waals surface area contributed by atoms with Gasteiger partial charge in [-0.05, 0) is 23.8 Å². The van der Waals surface area contributed by atoms with E-state index in [-0.39, 0.29) is 11.3 Å². The van der Waals surface area contributed by atoms with Crippen LogP contribution in [0.25, 0.3) is 17.2 Å². The summed E-state index contributed by atoms with van der Waals surface area (Å²) in [5.74, 6) is 1.20. The minimum Gasteiger partial charge on any atom is -0.427 e. The maximum absolute atomic E-state index is 12.4. The Balaban J connectivity index is 1.95. The van der Waals surface area contributed by atoms with E-state index in [1.807, 2.05) is 16.8 Å². The highest BCUT2D eigenvalue weighted by molar-refractivity contribution is 7.08. The number of nitrogens with zero attached hydrogens (tertiary/aromatic N) is 3. The third-order valence-electron chi connectivity index (χ3n) is 3.14. The lowest BCUT2D eigenvalue weighted by atomic mass is 9.97. The zero-order valence-electron chi connectivity index (χ0n) is 13.0. The minimum atomic E-state index is -0.201. The Kier molecular flexibility index (Phi) is 3.52. The summed E-state index contributed by atoms with van der Waals surface area (Å²) < 4.78 is 7.04. The van der Waals surface area contributed by atoms with Crippen molar-refractivity contribution in [3.63, 3.8) is 0 Å². The molecule has 0 aliphatic carbocycles. The molecule has 0 aliphatic heterocycles. The molecule has 3 aromatic rings. The van der Waals surface area contributed by atoms with Crippen molar-refractivity contribution in [2.24, 2.45) is 5.41 Å². The van der Waals surface area contributed by atoms with Crippen LogP contribution in [-0.4, -0.2) is 27.0 Å². The van der Waals surface area contributed by atoms with Gasteiger partial charge >= 0.3 is 5.84 Å². The van der Waals surface area contributed by atoms with Gasteiger partial charge in [-0.2, -0.15) is 20.8 Å². The molecule has 1 amide bonds. The molecule has 0 fully saturated rings. The van der Waals surface area contributed by atoms with Crippen molar-refractivity contribution in [1.29, 1.82) is 0 Å². The van der Waals surface area contributed by atoms with Crippen LogP contribution in [0.2, 0.25) is 0 Å². The van der Waals surface area contributed by atoms with Crippen LogP contribution in [0.1, 0.15) is 37.0 Å². The molecule has 0 unspecified atom stereocenters. The van der Waals surface area contributed by atoms with Crippen molar-refractivity contribution < 1.29 is 9.21 Å². The van der Waals surface area contributed by atoms with Crippen molar-refractivity contribution in [3.05, 3.63) is 28.3 Å². The molecule has 3 heterocycles. The highest BCUT2D eigenvalue weighted by Crippen LogP contribution is 2.22. The van der Waals surface area contributed by atoms with E-state index in [9.17, 15) is 4.79 Å². The second-order valence-electron chi connectivity index (χ2n) is 6.39. The lowest BCUT2D eigenvalue weighted by molar-refractivity contribution is 0.0931. The third-order valence-corrected chi connectivity index (χ3v) is 3.82. The first-order chi connectivity index (χ1) is 10.3.